The molecule has 0 N–H and O–H groups in total. The quantitative estimate of drug-likeness (QED) is 0.418. The molecule has 144 valence electrons. The van der Waals surface area contributed by atoms with Crippen molar-refractivity contribution in [2.75, 3.05) is 4.90 Å². The summed E-state index contributed by atoms with van der Waals surface area (Å²) in [5, 5.41) is 0. The molecule has 0 saturated carbocycles. The van der Waals surface area contributed by atoms with Gasteiger partial charge < -0.3 is 0 Å². The monoisotopic (exact) mass is 389 g/mol. The minimum Gasteiger partial charge on any atom is -0.289 e. The predicted molar refractivity (Wildman–Crippen MR) is 118 cm³/mol. The van der Waals surface area contributed by atoms with Crippen molar-refractivity contribution in [3.8, 4) is 0 Å². The van der Waals surface area contributed by atoms with Crippen LogP contribution in [-0.4, -0.2) is 11.7 Å². The molecular formula is C27H19NO2. The Kier molecular flexibility index (Phi) is 4.49. The zero-order valence-corrected chi connectivity index (χ0v) is 16.2. The third-order valence-corrected chi connectivity index (χ3v) is 5.49. The molecule has 0 aliphatic carbocycles. The number of carbonyl (C=O) groups excluding carboxylic acids is 2. The molecule has 4 aromatic rings. The Morgan fingerprint density at radius 2 is 1.30 bits per heavy atom. The van der Waals surface area contributed by atoms with E-state index in [1.54, 1.807) is 11.0 Å². The van der Waals surface area contributed by atoms with Crippen molar-refractivity contribution < 1.29 is 9.59 Å². The molecule has 0 radical (unpaired) electrons. The normalized spacial score (nSPS) is 15.1. The first-order valence-electron chi connectivity index (χ1n) is 9.92. The van der Waals surface area contributed by atoms with Gasteiger partial charge in [-0.2, -0.15) is 0 Å². The molecule has 1 aliphatic heterocycles. The van der Waals surface area contributed by atoms with E-state index in [0.29, 0.717) is 11.1 Å². The minimum atomic E-state index is -0.440. The Morgan fingerprint density at radius 1 is 0.667 bits per heavy atom. The summed E-state index contributed by atoms with van der Waals surface area (Å²) in [6, 6.07) is 34.2. The fourth-order valence-corrected chi connectivity index (χ4v) is 4.10. The maximum Gasteiger partial charge on any atom is 0.243 e. The van der Waals surface area contributed by atoms with Crippen LogP contribution in [-0.2, 0) is 4.79 Å². The molecule has 1 amide bonds. The number of rotatable bonds is 4. The third-order valence-electron chi connectivity index (χ3n) is 5.49. The summed E-state index contributed by atoms with van der Waals surface area (Å²) in [6.45, 7) is 0. The standard InChI is InChI=1S/C27H19NO2/c29-26(19-10-3-1-4-11-19)21-13-9-12-20(18-21)25-23-16-7-8-17-24(23)28(27(25)30)22-14-5-2-6-15-22/h1-18,25H. The van der Waals surface area contributed by atoms with Crippen molar-refractivity contribution in [3.05, 3.63) is 131 Å². The van der Waals surface area contributed by atoms with Gasteiger partial charge in [0.25, 0.3) is 0 Å². The minimum absolute atomic E-state index is 0.00768. The topological polar surface area (TPSA) is 37.4 Å². The van der Waals surface area contributed by atoms with Crippen LogP contribution < -0.4 is 4.90 Å². The molecule has 1 unspecified atom stereocenters. The van der Waals surface area contributed by atoms with Gasteiger partial charge in [0.05, 0.1) is 11.6 Å². The maximum atomic E-state index is 13.6. The van der Waals surface area contributed by atoms with Crippen LogP contribution in [0.3, 0.4) is 0 Å². The number of hydrogen-bond donors (Lipinski definition) is 0. The van der Waals surface area contributed by atoms with Crippen LogP contribution in [0.25, 0.3) is 0 Å². The lowest BCUT2D eigenvalue weighted by molar-refractivity contribution is -0.117. The Morgan fingerprint density at radius 3 is 2.07 bits per heavy atom. The summed E-state index contributed by atoms with van der Waals surface area (Å²) in [6.07, 6.45) is 0. The number of carbonyl (C=O) groups is 2. The Hall–Kier alpha value is -3.98. The molecule has 4 aromatic carbocycles. The molecule has 0 aromatic heterocycles. The second-order valence-electron chi connectivity index (χ2n) is 7.32. The van der Waals surface area contributed by atoms with Gasteiger partial charge in [-0.25, -0.2) is 0 Å². The van der Waals surface area contributed by atoms with E-state index < -0.39 is 5.92 Å². The highest BCUT2D eigenvalue weighted by Crippen LogP contribution is 2.44. The summed E-state index contributed by atoms with van der Waals surface area (Å²) in [5.41, 5.74) is 4.73. The highest BCUT2D eigenvalue weighted by Gasteiger charge is 2.39. The van der Waals surface area contributed by atoms with E-state index in [9.17, 15) is 9.59 Å². The van der Waals surface area contributed by atoms with Gasteiger partial charge in [0.15, 0.2) is 5.78 Å². The molecule has 3 nitrogen and oxygen atoms in total. The van der Waals surface area contributed by atoms with Crippen LogP contribution in [0, 0.1) is 0 Å². The van der Waals surface area contributed by atoms with Gasteiger partial charge in [0.1, 0.15) is 0 Å². The van der Waals surface area contributed by atoms with E-state index in [1.165, 1.54) is 0 Å². The summed E-state index contributed by atoms with van der Waals surface area (Å²) in [7, 11) is 0. The van der Waals surface area contributed by atoms with Crippen molar-refractivity contribution in [3.63, 3.8) is 0 Å². The lowest BCUT2D eigenvalue weighted by Gasteiger charge is -2.18. The van der Waals surface area contributed by atoms with Gasteiger partial charge in [0.2, 0.25) is 5.91 Å². The number of nitrogens with zero attached hydrogens (tertiary/aromatic N) is 1. The third kappa shape index (κ3) is 3.01. The maximum absolute atomic E-state index is 13.6. The Balaban J connectivity index is 1.58. The molecule has 30 heavy (non-hydrogen) atoms. The molecule has 1 aliphatic rings. The predicted octanol–water partition coefficient (Wildman–Crippen LogP) is 5.73. The van der Waals surface area contributed by atoms with E-state index >= 15 is 0 Å². The lowest BCUT2D eigenvalue weighted by atomic mass is 9.90. The highest BCUT2D eigenvalue weighted by atomic mass is 16.2. The first-order chi connectivity index (χ1) is 14.7. The van der Waals surface area contributed by atoms with Gasteiger partial charge in [-0.1, -0.05) is 84.9 Å². The first kappa shape index (κ1) is 18.1. The van der Waals surface area contributed by atoms with Gasteiger partial charge in [-0.15, -0.1) is 0 Å². The van der Waals surface area contributed by atoms with Crippen molar-refractivity contribution in [1.29, 1.82) is 0 Å². The molecule has 0 fully saturated rings. The highest BCUT2D eigenvalue weighted by molar-refractivity contribution is 6.13. The molecular weight excluding hydrogens is 370 g/mol. The number of para-hydroxylation sites is 2. The number of amides is 1. The zero-order valence-electron chi connectivity index (χ0n) is 16.2. The molecule has 0 bridgehead atoms. The van der Waals surface area contributed by atoms with Crippen LogP contribution in [0.4, 0.5) is 11.4 Å². The van der Waals surface area contributed by atoms with Crippen molar-refractivity contribution in [2.45, 2.75) is 5.92 Å². The van der Waals surface area contributed by atoms with Gasteiger partial charge >= 0.3 is 0 Å². The largest absolute Gasteiger partial charge is 0.289 e. The average molecular weight is 389 g/mol. The van der Waals surface area contributed by atoms with Crippen molar-refractivity contribution in [1.82, 2.24) is 0 Å². The molecule has 1 heterocycles. The van der Waals surface area contributed by atoms with Crippen LogP contribution in [0.15, 0.2) is 109 Å². The number of benzene rings is 4. The fraction of sp³-hybridized carbons (Fsp3) is 0.0370. The second kappa shape index (κ2) is 7.45. The fourth-order valence-electron chi connectivity index (χ4n) is 4.10. The Bertz CT molecular complexity index is 1230. The van der Waals surface area contributed by atoms with E-state index in [2.05, 4.69) is 0 Å². The number of hydrogen-bond acceptors (Lipinski definition) is 2. The van der Waals surface area contributed by atoms with Crippen molar-refractivity contribution >= 4 is 23.1 Å². The molecule has 5 rings (SSSR count). The summed E-state index contributed by atoms with van der Waals surface area (Å²) >= 11 is 0. The lowest BCUT2D eigenvalue weighted by Crippen LogP contribution is -2.24. The van der Waals surface area contributed by atoms with E-state index in [0.717, 1.165) is 22.5 Å². The Labute approximate surface area is 175 Å². The van der Waals surface area contributed by atoms with Crippen LogP contribution in [0.1, 0.15) is 33.0 Å². The van der Waals surface area contributed by atoms with Gasteiger partial charge in [0, 0.05) is 16.8 Å². The number of ketones is 1. The van der Waals surface area contributed by atoms with Crippen LogP contribution >= 0.6 is 0 Å². The number of fused-ring (bicyclic) bond motifs is 1. The van der Waals surface area contributed by atoms with Crippen LogP contribution in [0.2, 0.25) is 0 Å². The average Bonchev–Trinajstić information content (AvgIpc) is 3.11. The molecule has 3 heteroatoms. The molecule has 0 spiro atoms. The van der Waals surface area contributed by atoms with E-state index in [-0.39, 0.29) is 11.7 Å². The molecule has 1 atom stereocenters. The zero-order chi connectivity index (χ0) is 20.5. The SMILES string of the molecule is O=C(c1ccccc1)c1cccc(C2C(=O)N(c3ccccc3)c3ccccc32)c1. The van der Waals surface area contributed by atoms with E-state index in [1.807, 2.05) is 103 Å². The smallest absolute Gasteiger partial charge is 0.243 e. The van der Waals surface area contributed by atoms with Crippen LogP contribution in [0.5, 0.6) is 0 Å². The van der Waals surface area contributed by atoms with Crippen molar-refractivity contribution in [2.24, 2.45) is 0 Å². The second-order valence-corrected chi connectivity index (χ2v) is 7.32. The summed E-state index contributed by atoms with van der Waals surface area (Å²) in [4.78, 5) is 28.3. The van der Waals surface area contributed by atoms with Gasteiger partial charge in [-0.3, -0.25) is 14.5 Å². The molecule has 0 saturated heterocycles. The van der Waals surface area contributed by atoms with E-state index in [4.69, 9.17) is 0 Å². The number of anilines is 2. The first-order valence-corrected chi connectivity index (χ1v) is 9.92. The summed E-state index contributed by atoms with van der Waals surface area (Å²) < 4.78 is 0. The summed E-state index contributed by atoms with van der Waals surface area (Å²) in [5.74, 6) is -0.493. The van der Waals surface area contributed by atoms with Gasteiger partial charge in [-0.05, 0) is 35.4 Å².